The third kappa shape index (κ3) is 15.1. The van der Waals surface area contributed by atoms with E-state index in [0.717, 1.165) is 189 Å². The third-order valence-electron chi connectivity index (χ3n) is 23.9. The molecule has 20 rings (SSSR count). The molecule has 114 heavy (non-hydrogen) atoms. The monoisotopic (exact) mass is 1520 g/mol. The molecule has 580 valence electrons. The van der Waals surface area contributed by atoms with Crippen molar-refractivity contribution in [1.29, 1.82) is 0 Å². The third-order valence-corrected chi connectivity index (χ3v) is 23.9. The summed E-state index contributed by atoms with van der Waals surface area (Å²) < 4.78 is 49.0. The van der Waals surface area contributed by atoms with E-state index in [1.807, 2.05) is 55.4 Å². The van der Waals surface area contributed by atoms with Crippen molar-refractivity contribution in [1.82, 2.24) is 60.5 Å². The first kappa shape index (κ1) is 75.0. The Morgan fingerprint density at radius 2 is 0.605 bits per heavy atom. The lowest BCUT2D eigenvalue weighted by Crippen LogP contribution is -2.07. The van der Waals surface area contributed by atoms with Crippen LogP contribution in [0.1, 0.15) is 264 Å². The lowest BCUT2D eigenvalue weighted by molar-refractivity contribution is 0.0174. The molecule has 4 aliphatic carbocycles. The molecular formula is C96H98F2N12O4. The van der Waals surface area contributed by atoms with Gasteiger partial charge in [0.2, 0.25) is 0 Å². The average molecular weight is 1520 g/mol. The Kier molecular flexibility index (Phi) is 19.8. The Bertz CT molecular complexity index is 6160. The van der Waals surface area contributed by atoms with Crippen molar-refractivity contribution in [2.24, 2.45) is 0 Å². The molecule has 4 atom stereocenters. The Balaban J connectivity index is 0.000000110. The quantitative estimate of drug-likeness (QED) is 0.0669. The van der Waals surface area contributed by atoms with Crippen LogP contribution in [0.25, 0.3) is 88.6 Å². The summed E-state index contributed by atoms with van der Waals surface area (Å²) in [5.41, 5.74) is 33.1. The molecule has 0 radical (unpaired) electrons. The van der Waals surface area contributed by atoms with Gasteiger partial charge in [-0.25, -0.2) is 28.7 Å². The van der Waals surface area contributed by atoms with Crippen molar-refractivity contribution in [2.45, 2.75) is 208 Å². The van der Waals surface area contributed by atoms with Gasteiger partial charge < -0.3 is 38.0 Å². The predicted octanol–water partition coefficient (Wildman–Crippen LogP) is 25.2. The highest BCUT2D eigenvalue weighted by Crippen LogP contribution is 2.48. The smallest absolute Gasteiger partial charge is 0.270 e. The van der Waals surface area contributed by atoms with Gasteiger partial charge in [-0.2, -0.15) is 0 Å². The molecule has 0 bridgehead atoms. The van der Waals surface area contributed by atoms with Crippen LogP contribution in [0.4, 0.5) is 8.78 Å². The number of benzene rings is 8. The molecule has 4 fully saturated rings. The van der Waals surface area contributed by atoms with Gasteiger partial charge in [0.1, 0.15) is 46.3 Å². The summed E-state index contributed by atoms with van der Waals surface area (Å²) >= 11 is 0. The number of aryl methyl sites for hydroxylation is 10. The zero-order valence-electron chi connectivity index (χ0n) is 67.7. The molecule has 18 heteroatoms. The summed E-state index contributed by atoms with van der Waals surface area (Å²) in [6, 6.07) is 52.5. The first-order valence-electron chi connectivity index (χ1n) is 40.4. The minimum absolute atomic E-state index is 0.0159. The molecular weight excluding hydrogens is 1420 g/mol. The van der Waals surface area contributed by atoms with E-state index in [-0.39, 0.29) is 29.2 Å². The molecule has 4 unspecified atom stereocenters. The molecule has 4 saturated carbocycles. The maximum Gasteiger partial charge on any atom is 0.270 e. The first-order chi connectivity index (χ1) is 54.8. The van der Waals surface area contributed by atoms with E-state index < -0.39 is 5.92 Å². The molecule has 16 aromatic rings. The number of alkyl halides is 2. The maximum atomic E-state index is 13.7. The summed E-state index contributed by atoms with van der Waals surface area (Å²) in [6.07, 6.45) is 9.74. The van der Waals surface area contributed by atoms with Crippen molar-refractivity contribution in [3.05, 3.63) is 282 Å². The first-order valence-corrected chi connectivity index (χ1v) is 40.4. The Hall–Kier alpha value is -11.7. The second-order valence-corrected chi connectivity index (χ2v) is 32.9. The summed E-state index contributed by atoms with van der Waals surface area (Å²) in [5, 5.41) is 16.6. The highest BCUT2D eigenvalue weighted by atomic mass is 19.3. The molecule has 0 spiro atoms. The van der Waals surface area contributed by atoms with Crippen LogP contribution < -0.4 is 0 Å². The van der Waals surface area contributed by atoms with E-state index in [4.69, 9.17) is 38.0 Å². The Morgan fingerprint density at radius 3 is 0.877 bits per heavy atom. The number of rotatable bonds is 17. The number of nitrogens with zero attached hydrogens (tertiary/aromatic N) is 8. The van der Waals surface area contributed by atoms with Crippen molar-refractivity contribution >= 4 is 44.1 Å². The Labute approximate surface area is 662 Å². The van der Waals surface area contributed by atoms with Crippen LogP contribution in [0.5, 0.6) is 0 Å². The second-order valence-electron chi connectivity index (χ2n) is 32.9. The number of fused-ring (bicyclic) bond motifs is 4. The van der Waals surface area contributed by atoms with Gasteiger partial charge in [-0.3, -0.25) is 0 Å². The number of H-pyrrole nitrogens is 4. The van der Waals surface area contributed by atoms with E-state index in [1.54, 1.807) is 12.1 Å². The predicted molar refractivity (Wildman–Crippen MR) is 447 cm³/mol. The minimum atomic E-state index is -2.85. The highest BCUT2D eigenvalue weighted by Gasteiger charge is 2.34. The number of hydrogen-bond donors (Lipinski definition) is 4. The van der Waals surface area contributed by atoms with Crippen LogP contribution in [0, 0.1) is 69.2 Å². The fourth-order valence-electron chi connectivity index (χ4n) is 16.7. The summed E-state index contributed by atoms with van der Waals surface area (Å²) in [6.45, 7) is 29.9. The van der Waals surface area contributed by atoms with Gasteiger partial charge in [0.25, 0.3) is 5.92 Å². The number of nitrogens with one attached hydrogen (secondary N) is 4. The molecule has 8 aromatic carbocycles. The molecule has 0 aliphatic heterocycles. The van der Waals surface area contributed by atoms with E-state index in [2.05, 4.69) is 209 Å². The number of aromatic amines is 4. The number of aromatic nitrogens is 12. The molecule has 16 nitrogen and oxygen atoms in total. The molecule has 4 N–H and O–H groups in total. The van der Waals surface area contributed by atoms with Gasteiger partial charge in [-0.1, -0.05) is 163 Å². The minimum Gasteiger partial charge on any atom is -0.361 e. The SMILES string of the molecule is Cc1ccc(C(C)c2cc(-c3c(C)noc3C)cc3[nH]c(C4CC4)nc23)cc1.Cc1cccc(C(C)c2cc(-c3c(C)noc3C)cc3[nH]c(C4CC4)nc23)c1.Cc1noc(C)c1-c1cc(C(C)c2ccc(C(C)(F)F)cc2)c2nc(C3CC3)[nH]c2c1.Cc1noc(C)c1-c1cc(C(C)c2ccccc2)c2nc(C3CC3)[nH]c2c1. The van der Waals surface area contributed by atoms with Crippen LogP contribution in [0.3, 0.4) is 0 Å². The zero-order valence-corrected chi connectivity index (χ0v) is 67.7. The number of halogens is 2. The van der Waals surface area contributed by atoms with Gasteiger partial charge in [0, 0.05) is 82.1 Å². The summed E-state index contributed by atoms with van der Waals surface area (Å²) in [7, 11) is 0. The van der Waals surface area contributed by atoms with Gasteiger partial charge in [0.05, 0.1) is 66.9 Å². The van der Waals surface area contributed by atoms with Crippen LogP contribution in [0.15, 0.2) is 170 Å². The van der Waals surface area contributed by atoms with E-state index in [0.29, 0.717) is 23.7 Å². The molecule has 8 heterocycles. The summed E-state index contributed by atoms with van der Waals surface area (Å²) in [5.74, 6) is 7.92. The zero-order chi connectivity index (χ0) is 79.3. The average Bonchev–Trinajstić information content (AvgIpc) is 1.35. The topological polar surface area (TPSA) is 219 Å². The van der Waals surface area contributed by atoms with Gasteiger partial charge in [0.15, 0.2) is 0 Å². The molecule has 0 saturated heterocycles. The lowest BCUT2D eigenvalue weighted by Gasteiger charge is -2.17. The van der Waals surface area contributed by atoms with Crippen molar-refractivity contribution in [3.63, 3.8) is 0 Å². The largest absolute Gasteiger partial charge is 0.361 e. The van der Waals surface area contributed by atoms with E-state index in [1.165, 1.54) is 95.2 Å². The number of hydrogen-bond acceptors (Lipinski definition) is 12. The fourth-order valence-corrected chi connectivity index (χ4v) is 16.7. The van der Waals surface area contributed by atoms with Crippen LogP contribution >= 0.6 is 0 Å². The normalized spacial score (nSPS) is 15.4. The standard InChI is InChI=1S/C25H25F2N3O.2C24H25N3O.C23H23N3O/c1-13(16-7-9-19(10-8-16)25(4,26)27)20-11-18(22-14(2)30-31-15(22)3)12-21-23(20)29-24(28-21)17-5-6-17;1-13-5-7-17(8-6-13)14(2)20-11-19(22-15(3)27-28-16(22)4)12-21-23(20)26-24(25-21)18-9-10-18;1-13-6-5-7-18(10-13)14(2)20-11-19(22-15(3)27-28-16(22)4)12-21-23(20)26-24(25-21)17-8-9-17;1-13(16-7-5-4-6-8-16)19-11-18(21-14(2)26-27-15(21)3)12-20-22(19)25-23(24-20)17-9-10-17/h7-13,17H,5-6H2,1-4H3,(H,28,29);5-8,11-12,14,18H,9-10H2,1-4H3,(H,25,26);5-7,10-12,14,17H,8-9H2,1-4H3,(H,25,26);4-8,11-13,17H,9-10H2,1-3H3,(H,24,25). The molecule has 8 aromatic heterocycles. The van der Waals surface area contributed by atoms with Gasteiger partial charge in [-0.15, -0.1) is 0 Å². The van der Waals surface area contributed by atoms with Crippen LogP contribution in [-0.2, 0) is 5.92 Å². The Morgan fingerprint density at radius 1 is 0.325 bits per heavy atom. The lowest BCUT2D eigenvalue weighted by atomic mass is 9.88. The van der Waals surface area contributed by atoms with Crippen LogP contribution in [-0.4, -0.2) is 60.5 Å². The second kappa shape index (κ2) is 30.0. The van der Waals surface area contributed by atoms with E-state index >= 15 is 0 Å². The fraction of sp³-hybridized carbons (Fsp3) is 0.333. The molecule has 4 aliphatic rings. The maximum absolute atomic E-state index is 13.7. The van der Waals surface area contributed by atoms with Crippen molar-refractivity contribution in [2.75, 3.05) is 0 Å². The highest BCUT2D eigenvalue weighted by molar-refractivity contribution is 5.91. The number of imidazole rings is 4. The van der Waals surface area contributed by atoms with Gasteiger partial charge >= 0.3 is 0 Å². The molecule has 0 amide bonds. The van der Waals surface area contributed by atoms with Crippen LogP contribution in [0.2, 0.25) is 0 Å². The van der Waals surface area contributed by atoms with Crippen molar-refractivity contribution < 1.29 is 26.9 Å². The van der Waals surface area contributed by atoms with Crippen molar-refractivity contribution in [3.8, 4) is 44.5 Å². The summed E-state index contributed by atoms with van der Waals surface area (Å²) in [4.78, 5) is 34.2. The van der Waals surface area contributed by atoms with Gasteiger partial charge in [-0.05, 0) is 236 Å². The van der Waals surface area contributed by atoms with E-state index in [9.17, 15) is 8.78 Å².